The summed E-state index contributed by atoms with van der Waals surface area (Å²) in [5.74, 6) is 0.493. The van der Waals surface area contributed by atoms with Crippen molar-refractivity contribution >= 4 is 29.3 Å². The predicted octanol–water partition coefficient (Wildman–Crippen LogP) is 1.88. The second kappa shape index (κ2) is 8.05. The van der Waals surface area contributed by atoms with Crippen LogP contribution in [0.1, 0.15) is 13.8 Å². The standard InChI is InChI=1S/C15H22N2O3S/c1-15(2,10-21-9-12(16)13(18)20-3)14(19)17-11-7-5-4-6-8-11/h4-8,12H,9-10,16H2,1-3H3,(H,17,19). The van der Waals surface area contributed by atoms with Crippen LogP contribution in [-0.2, 0) is 14.3 Å². The molecule has 0 fully saturated rings. The van der Waals surface area contributed by atoms with E-state index >= 15 is 0 Å². The third-order valence-corrected chi connectivity index (χ3v) is 4.43. The summed E-state index contributed by atoms with van der Waals surface area (Å²) < 4.78 is 4.56. The number of rotatable bonds is 7. The number of esters is 1. The van der Waals surface area contributed by atoms with Gasteiger partial charge >= 0.3 is 5.97 Å². The molecular formula is C15H22N2O3S. The van der Waals surface area contributed by atoms with E-state index in [1.807, 2.05) is 44.2 Å². The molecule has 0 saturated heterocycles. The molecule has 21 heavy (non-hydrogen) atoms. The van der Waals surface area contributed by atoms with Gasteiger partial charge in [0.1, 0.15) is 6.04 Å². The Bertz CT molecular complexity index is 477. The van der Waals surface area contributed by atoms with Gasteiger partial charge in [0.2, 0.25) is 5.91 Å². The van der Waals surface area contributed by atoms with Gasteiger partial charge < -0.3 is 15.8 Å². The minimum absolute atomic E-state index is 0.0622. The Kier molecular flexibility index (Phi) is 6.71. The van der Waals surface area contributed by atoms with E-state index in [9.17, 15) is 9.59 Å². The first-order valence-electron chi connectivity index (χ1n) is 6.64. The summed E-state index contributed by atoms with van der Waals surface area (Å²) in [5.41, 5.74) is 5.87. The Labute approximate surface area is 129 Å². The van der Waals surface area contributed by atoms with Crippen molar-refractivity contribution in [2.45, 2.75) is 19.9 Å². The number of hydrogen-bond donors (Lipinski definition) is 2. The maximum Gasteiger partial charge on any atom is 0.323 e. The Morgan fingerprint density at radius 1 is 1.33 bits per heavy atom. The fourth-order valence-corrected chi connectivity index (χ4v) is 2.70. The summed E-state index contributed by atoms with van der Waals surface area (Å²) in [4.78, 5) is 23.5. The Balaban J connectivity index is 2.45. The molecule has 1 aromatic rings. The fourth-order valence-electron chi connectivity index (χ4n) is 1.55. The first-order chi connectivity index (χ1) is 9.86. The smallest absolute Gasteiger partial charge is 0.323 e. The first-order valence-corrected chi connectivity index (χ1v) is 7.80. The summed E-state index contributed by atoms with van der Waals surface area (Å²) in [6.07, 6.45) is 0. The molecule has 0 heterocycles. The van der Waals surface area contributed by atoms with E-state index in [4.69, 9.17) is 5.73 Å². The topological polar surface area (TPSA) is 81.4 Å². The third-order valence-electron chi connectivity index (χ3n) is 2.91. The highest BCUT2D eigenvalue weighted by Crippen LogP contribution is 2.24. The molecule has 0 aromatic heterocycles. The summed E-state index contributed by atoms with van der Waals surface area (Å²) >= 11 is 1.46. The maximum absolute atomic E-state index is 12.3. The number of anilines is 1. The van der Waals surface area contributed by atoms with Crippen LogP contribution in [0.25, 0.3) is 0 Å². The number of benzene rings is 1. The van der Waals surface area contributed by atoms with Crippen molar-refractivity contribution in [3.63, 3.8) is 0 Å². The van der Waals surface area contributed by atoms with Crippen molar-refractivity contribution in [2.24, 2.45) is 11.1 Å². The summed E-state index contributed by atoms with van der Waals surface area (Å²) in [6.45, 7) is 3.73. The van der Waals surface area contributed by atoms with E-state index in [2.05, 4.69) is 10.1 Å². The van der Waals surface area contributed by atoms with Crippen LogP contribution < -0.4 is 11.1 Å². The van der Waals surface area contributed by atoms with Gasteiger partial charge in [-0.15, -0.1) is 0 Å². The number of nitrogens with two attached hydrogens (primary N) is 1. The lowest BCUT2D eigenvalue weighted by Gasteiger charge is -2.23. The van der Waals surface area contributed by atoms with Crippen molar-refractivity contribution in [1.29, 1.82) is 0 Å². The van der Waals surface area contributed by atoms with E-state index in [0.29, 0.717) is 11.5 Å². The number of ether oxygens (including phenoxy) is 1. The van der Waals surface area contributed by atoms with Gasteiger partial charge in [-0.2, -0.15) is 11.8 Å². The highest BCUT2D eigenvalue weighted by molar-refractivity contribution is 7.99. The molecule has 0 spiro atoms. The van der Waals surface area contributed by atoms with Crippen LogP contribution in [0.2, 0.25) is 0 Å². The molecule has 0 aliphatic carbocycles. The van der Waals surface area contributed by atoms with Crippen molar-refractivity contribution in [3.05, 3.63) is 30.3 Å². The molecule has 5 nitrogen and oxygen atoms in total. The average Bonchev–Trinajstić information content (AvgIpc) is 2.47. The van der Waals surface area contributed by atoms with Gasteiger partial charge in [-0.1, -0.05) is 32.0 Å². The maximum atomic E-state index is 12.3. The minimum Gasteiger partial charge on any atom is -0.468 e. The molecule has 0 saturated carbocycles. The number of hydrogen-bond acceptors (Lipinski definition) is 5. The van der Waals surface area contributed by atoms with Gasteiger partial charge in [-0.25, -0.2) is 0 Å². The van der Waals surface area contributed by atoms with Gasteiger partial charge in [0.25, 0.3) is 0 Å². The summed E-state index contributed by atoms with van der Waals surface area (Å²) in [6, 6.07) is 8.65. The van der Waals surface area contributed by atoms with E-state index in [0.717, 1.165) is 5.69 Å². The first kappa shape index (κ1) is 17.5. The molecule has 0 aliphatic heterocycles. The number of carbonyl (C=O) groups is 2. The van der Waals surface area contributed by atoms with Crippen molar-refractivity contribution in [1.82, 2.24) is 0 Å². The minimum atomic E-state index is -0.659. The fraction of sp³-hybridized carbons (Fsp3) is 0.467. The van der Waals surface area contributed by atoms with Gasteiger partial charge in [0, 0.05) is 17.2 Å². The van der Waals surface area contributed by atoms with Crippen LogP contribution in [0.5, 0.6) is 0 Å². The van der Waals surface area contributed by atoms with E-state index < -0.39 is 17.4 Å². The van der Waals surface area contributed by atoms with Crippen LogP contribution in [0.3, 0.4) is 0 Å². The largest absolute Gasteiger partial charge is 0.468 e. The normalized spacial score (nSPS) is 12.6. The Hall–Kier alpha value is -1.53. The predicted molar refractivity (Wildman–Crippen MR) is 86.2 cm³/mol. The molecule has 6 heteroatoms. The third kappa shape index (κ3) is 5.77. The average molecular weight is 310 g/mol. The van der Waals surface area contributed by atoms with Gasteiger partial charge in [0.15, 0.2) is 0 Å². The molecule has 0 aliphatic rings. The molecular weight excluding hydrogens is 288 g/mol. The zero-order valence-corrected chi connectivity index (χ0v) is 13.4. The Morgan fingerprint density at radius 3 is 2.52 bits per heavy atom. The van der Waals surface area contributed by atoms with Gasteiger partial charge in [0.05, 0.1) is 12.5 Å². The molecule has 1 amide bonds. The van der Waals surface area contributed by atoms with Crippen LogP contribution in [-0.4, -0.2) is 36.5 Å². The number of carbonyl (C=O) groups excluding carboxylic acids is 2. The second-order valence-electron chi connectivity index (χ2n) is 5.35. The molecule has 0 radical (unpaired) electrons. The van der Waals surface area contributed by atoms with Gasteiger partial charge in [-0.3, -0.25) is 9.59 Å². The van der Waals surface area contributed by atoms with Crippen LogP contribution in [0, 0.1) is 5.41 Å². The molecule has 0 bridgehead atoms. The van der Waals surface area contributed by atoms with Crippen LogP contribution in [0.15, 0.2) is 30.3 Å². The lowest BCUT2D eigenvalue weighted by molar-refractivity contribution is -0.141. The number of methoxy groups -OCH3 is 1. The zero-order chi connectivity index (χ0) is 15.9. The quantitative estimate of drug-likeness (QED) is 0.752. The lowest BCUT2D eigenvalue weighted by Crippen LogP contribution is -2.36. The number of thioether (sulfide) groups is 1. The lowest BCUT2D eigenvalue weighted by atomic mass is 9.95. The van der Waals surface area contributed by atoms with E-state index in [1.54, 1.807) is 0 Å². The summed E-state index contributed by atoms with van der Waals surface area (Å²) in [7, 11) is 1.31. The van der Waals surface area contributed by atoms with E-state index in [-0.39, 0.29) is 5.91 Å². The highest BCUT2D eigenvalue weighted by atomic mass is 32.2. The molecule has 1 aromatic carbocycles. The number of nitrogens with one attached hydrogen (secondary N) is 1. The van der Waals surface area contributed by atoms with Crippen LogP contribution >= 0.6 is 11.8 Å². The number of para-hydroxylation sites is 1. The monoisotopic (exact) mass is 310 g/mol. The van der Waals surface area contributed by atoms with E-state index in [1.165, 1.54) is 18.9 Å². The number of amides is 1. The second-order valence-corrected chi connectivity index (χ2v) is 6.38. The molecule has 1 atom stereocenters. The highest BCUT2D eigenvalue weighted by Gasteiger charge is 2.28. The molecule has 1 rings (SSSR count). The van der Waals surface area contributed by atoms with Gasteiger partial charge in [-0.05, 0) is 12.1 Å². The van der Waals surface area contributed by atoms with Crippen molar-refractivity contribution in [3.8, 4) is 0 Å². The summed E-state index contributed by atoms with van der Waals surface area (Å²) in [5, 5.41) is 2.88. The molecule has 3 N–H and O–H groups in total. The van der Waals surface area contributed by atoms with Crippen molar-refractivity contribution in [2.75, 3.05) is 23.9 Å². The van der Waals surface area contributed by atoms with Crippen LogP contribution in [0.4, 0.5) is 5.69 Å². The molecule has 116 valence electrons. The zero-order valence-electron chi connectivity index (χ0n) is 12.6. The van der Waals surface area contributed by atoms with Crippen molar-refractivity contribution < 1.29 is 14.3 Å². The molecule has 1 unspecified atom stereocenters. The SMILES string of the molecule is COC(=O)C(N)CSCC(C)(C)C(=O)Nc1ccccc1. The Morgan fingerprint density at radius 2 is 1.95 bits per heavy atom.